The number of morpholine rings is 1. The summed E-state index contributed by atoms with van der Waals surface area (Å²) in [5, 5.41) is 7.64. The van der Waals surface area contributed by atoms with Gasteiger partial charge in [-0.25, -0.2) is 0 Å². The summed E-state index contributed by atoms with van der Waals surface area (Å²) in [7, 11) is 0. The third-order valence-electron chi connectivity index (χ3n) is 6.31. The molecule has 23 heavy (non-hydrogen) atoms. The first-order valence-corrected chi connectivity index (χ1v) is 9.39. The molecule has 3 nitrogen and oxygen atoms in total. The second-order valence-electron chi connectivity index (χ2n) is 7.81. The van der Waals surface area contributed by atoms with Gasteiger partial charge in [0.05, 0.1) is 13.2 Å². The number of hydrogen-bond acceptors (Lipinski definition) is 3. The summed E-state index contributed by atoms with van der Waals surface area (Å²) in [6, 6.07) is 10.2. The molecule has 3 heteroatoms. The molecule has 2 saturated carbocycles. The third kappa shape index (κ3) is 3.19. The lowest BCUT2D eigenvalue weighted by Gasteiger charge is -2.34. The molecule has 3 fully saturated rings. The highest BCUT2D eigenvalue weighted by Crippen LogP contribution is 2.49. The summed E-state index contributed by atoms with van der Waals surface area (Å²) in [4.78, 5) is 0. The Hall–Kier alpha value is -0.900. The molecule has 0 spiro atoms. The molecular weight excluding hydrogens is 284 g/mol. The SMILES string of the molecule is Cc1ccccc1C1(CNC2CCCC2C2COCCN2)CC1. The molecule has 1 heterocycles. The second-order valence-corrected chi connectivity index (χ2v) is 7.81. The molecule has 2 N–H and O–H groups in total. The van der Waals surface area contributed by atoms with Gasteiger partial charge in [0.15, 0.2) is 0 Å². The van der Waals surface area contributed by atoms with E-state index in [1.165, 1.54) is 37.7 Å². The van der Waals surface area contributed by atoms with Gasteiger partial charge in [-0.2, -0.15) is 0 Å². The van der Waals surface area contributed by atoms with Crippen LogP contribution in [0.15, 0.2) is 24.3 Å². The topological polar surface area (TPSA) is 33.3 Å². The van der Waals surface area contributed by atoms with E-state index in [0.29, 0.717) is 17.5 Å². The zero-order valence-electron chi connectivity index (χ0n) is 14.3. The van der Waals surface area contributed by atoms with Crippen LogP contribution in [0.1, 0.15) is 43.2 Å². The van der Waals surface area contributed by atoms with Gasteiger partial charge in [0.2, 0.25) is 0 Å². The van der Waals surface area contributed by atoms with Crippen molar-refractivity contribution in [1.82, 2.24) is 10.6 Å². The molecule has 0 bridgehead atoms. The first-order valence-electron chi connectivity index (χ1n) is 9.39. The largest absolute Gasteiger partial charge is 0.379 e. The Morgan fingerprint density at radius 2 is 2.13 bits per heavy atom. The van der Waals surface area contributed by atoms with Crippen molar-refractivity contribution in [1.29, 1.82) is 0 Å². The van der Waals surface area contributed by atoms with E-state index in [9.17, 15) is 0 Å². The van der Waals surface area contributed by atoms with Gasteiger partial charge in [0, 0.05) is 30.6 Å². The van der Waals surface area contributed by atoms with Crippen molar-refractivity contribution in [3.63, 3.8) is 0 Å². The van der Waals surface area contributed by atoms with Crippen LogP contribution in [-0.2, 0) is 10.2 Å². The highest BCUT2D eigenvalue weighted by Gasteiger charge is 2.46. The molecule has 2 aliphatic carbocycles. The molecule has 3 unspecified atom stereocenters. The molecular formula is C20H30N2O. The van der Waals surface area contributed by atoms with Crippen molar-refractivity contribution in [3.05, 3.63) is 35.4 Å². The lowest BCUT2D eigenvalue weighted by molar-refractivity contribution is 0.0524. The van der Waals surface area contributed by atoms with Crippen molar-refractivity contribution in [2.45, 2.75) is 56.5 Å². The highest BCUT2D eigenvalue weighted by atomic mass is 16.5. The van der Waals surface area contributed by atoms with Crippen LogP contribution in [0.25, 0.3) is 0 Å². The molecule has 0 amide bonds. The predicted octanol–water partition coefficient (Wildman–Crippen LogP) is 2.77. The van der Waals surface area contributed by atoms with Crippen molar-refractivity contribution in [2.75, 3.05) is 26.3 Å². The summed E-state index contributed by atoms with van der Waals surface area (Å²) >= 11 is 0. The summed E-state index contributed by atoms with van der Waals surface area (Å²) in [6.07, 6.45) is 6.71. The van der Waals surface area contributed by atoms with Gasteiger partial charge in [-0.3, -0.25) is 0 Å². The fourth-order valence-electron chi connectivity index (χ4n) is 4.77. The quantitative estimate of drug-likeness (QED) is 0.877. The van der Waals surface area contributed by atoms with Crippen molar-refractivity contribution < 1.29 is 4.74 Å². The molecule has 0 radical (unpaired) electrons. The first kappa shape index (κ1) is 15.6. The maximum atomic E-state index is 5.70. The highest BCUT2D eigenvalue weighted by molar-refractivity contribution is 5.38. The number of benzene rings is 1. The summed E-state index contributed by atoms with van der Waals surface area (Å²) < 4.78 is 5.70. The van der Waals surface area contributed by atoms with E-state index in [0.717, 1.165) is 32.2 Å². The number of aryl methyl sites for hydroxylation is 1. The van der Waals surface area contributed by atoms with Crippen LogP contribution in [0.3, 0.4) is 0 Å². The Bertz CT molecular complexity index is 534. The van der Waals surface area contributed by atoms with Gasteiger partial charge < -0.3 is 15.4 Å². The summed E-state index contributed by atoms with van der Waals surface area (Å²) in [5.74, 6) is 0.739. The molecule has 1 aliphatic heterocycles. The molecule has 4 rings (SSSR count). The van der Waals surface area contributed by atoms with Crippen molar-refractivity contribution >= 4 is 0 Å². The first-order chi connectivity index (χ1) is 11.3. The van der Waals surface area contributed by atoms with Gasteiger partial charge in [0.1, 0.15) is 0 Å². The third-order valence-corrected chi connectivity index (χ3v) is 6.31. The lowest BCUT2D eigenvalue weighted by atomic mass is 9.90. The van der Waals surface area contributed by atoms with Gasteiger partial charge >= 0.3 is 0 Å². The van der Waals surface area contributed by atoms with E-state index in [4.69, 9.17) is 4.74 Å². The second kappa shape index (κ2) is 6.54. The van der Waals surface area contributed by atoms with E-state index < -0.39 is 0 Å². The molecule has 3 atom stereocenters. The summed E-state index contributed by atoms with van der Waals surface area (Å²) in [6.45, 7) is 6.19. The maximum absolute atomic E-state index is 5.70. The Morgan fingerprint density at radius 1 is 1.26 bits per heavy atom. The van der Waals surface area contributed by atoms with Crippen LogP contribution >= 0.6 is 0 Å². The van der Waals surface area contributed by atoms with Crippen LogP contribution in [0.2, 0.25) is 0 Å². The Kier molecular flexibility index (Phi) is 4.44. The van der Waals surface area contributed by atoms with E-state index >= 15 is 0 Å². The van der Waals surface area contributed by atoms with Crippen LogP contribution in [-0.4, -0.2) is 38.4 Å². The molecule has 1 aromatic rings. The minimum atomic E-state index is 0.412. The molecule has 1 aromatic carbocycles. The molecule has 3 aliphatic rings. The normalized spacial score (nSPS) is 32.8. The maximum Gasteiger partial charge on any atom is 0.0623 e. The van der Waals surface area contributed by atoms with Crippen molar-refractivity contribution in [3.8, 4) is 0 Å². The molecule has 126 valence electrons. The summed E-state index contributed by atoms with van der Waals surface area (Å²) in [5.41, 5.74) is 3.44. The van der Waals surface area contributed by atoms with E-state index in [-0.39, 0.29) is 0 Å². The Labute approximate surface area is 140 Å². The van der Waals surface area contributed by atoms with Gasteiger partial charge in [0.25, 0.3) is 0 Å². The lowest BCUT2D eigenvalue weighted by Crippen LogP contribution is -2.51. The minimum Gasteiger partial charge on any atom is -0.379 e. The smallest absolute Gasteiger partial charge is 0.0623 e. The minimum absolute atomic E-state index is 0.412. The van der Waals surface area contributed by atoms with Crippen LogP contribution < -0.4 is 10.6 Å². The van der Waals surface area contributed by atoms with Crippen molar-refractivity contribution in [2.24, 2.45) is 5.92 Å². The monoisotopic (exact) mass is 314 g/mol. The average molecular weight is 314 g/mol. The fourth-order valence-corrected chi connectivity index (χ4v) is 4.77. The van der Waals surface area contributed by atoms with Crippen LogP contribution in [0, 0.1) is 12.8 Å². The Balaban J connectivity index is 1.39. The number of nitrogens with one attached hydrogen (secondary N) is 2. The standard InChI is InChI=1S/C20H30N2O/c1-15-5-2-3-7-17(15)20(9-10-20)14-22-18-8-4-6-16(18)19-13-23-12-11-21-19/h2-3,5,7,16,18-19,21-22H,4,6,8-14H2,1H3. The fraction of sp³-hybridized carbons (Fsp3) is 0.700. The number of ether oxygens (including phenoxy) is 1. The predicted molar refractivity (Wildman–Crippen MR) is 93.8 cm³/mol. The van der Waals surface area contributed by atoms with E-state index in [1.54, 1.807) is 5.56 Å². The van der Waals surface area contributed by atoms with E-state index in [2.05, 4.69) is 41.8 Å². The zero-order chi connectivity index (χ0) is 15.7. The Morgan fingerprint density at radius 3 is 2.87 bits per heavy atom. The van der Waals surface area contributed by atoms with Gasteiger partial charge in [-0.05, 0) is 49.7 Å². The van der Waals surface area contributed by atoms with Gasteiger partial charge in [-0.15, -0.1) is 0 Å². The van der Waals surface area contributed by atoms with Crippen LogP contribution in [0.5, 0.6) is 0 Å². The number of hydrogen-bond donors (Lipinski definition) is 2. The van der Waals surface area contributed by atoms with Crippen LogP contribution in [0.4, 0.5) is 0 Å². The molecule has 1 saturated heterocycles. The zero-order valence-corrected chi connectivity index (χ0v) is 14.3. The number of rotatable bonds is 5. The average Bonchev–Trinajstić information content (AvgIpc) is 3.23. The van der Waals surface area contributed by atoms with E-state index in [1.807, 2.05) is 0 Å². The van der Waals surface area contributed by atoms with Gasteiger partial charge in [-0.1, -0.05) is 30.7 Å². The molecule has 0 aromatic heterocycles.